The number of nitro groups is 1. The van der Waals surface area contributed by atoms with Crippen LogP contribution in [0.5, 0.6) is 5.75 Å². The van der Waals surface area contributed by atoms with Crippen molar-refractivity contribution in [2.24, 2.45) is 0 Å². The topological polar surface area (TPSA) is 72.7 Å². The van der Waals surface area contributed by atoms with Crippen molar-refractivity contribution in [3.05, 3.63) is 40.0 Å². The molecular formula is C19H26N2O4. The van der Waals surface area contributed by atoms with E-state index < -0.39 is 4.92 Å². The number of hydrogen-bond donors (Lipinski definition) is 0. The van der Waals surface area contributed by atoms with Gasteiger partial charge in [-0.2, -0.15) is 0 Å². The molecule has 0 radical (unpaired) electrons. The van der Waals surface area contributed by atoms with Crippen LogP contribution in [0, 0.1) is 10.1 Å². The van der Waals surface area contributed by atoms with E-state index in [-0.39, 0.29) is 29.4 Å². The van der Waals surface area contributed by atoms with Crippen LogP contribution >= 0.6 is 0 Å². The summed E-state index contributed by atoms with van der Waals surface area (Å²) >= 11 is 0. The van der Waals surface area contributed by atoms with Crippen molar-refractivity contribution in [2.45, 2.75) is 58.5 Å². The first-order valence-corrected chi connectivity index (χ1v) is 8.85. The monoisotopic (exact) mass is 346 g/mol. The highest BCUT2D eigenvalue weighted by Crippen LogP contribution is 2.29. The smallest absolute Gasteiger partial charge is 0.311 e. The van der Waals surface area contributed by atoms with Gasteiger partial charge in [0, 0.05) is 24.2 Å². The number of nitrogens with zero attached hydrogens (tertiary/aromatic N) is 2. The molecule has 1 fully saturated rings. The highest BCUT2D eigenvalue weighted by Gasteiger charge is 2.27. The molecule has 2 atom stereocenters. The largest absolute Gasteiger partial charge is 0.487 e. The molecule has 1 saturated heterocycles. The highest BCUT2D eigenvalue weighted by atomic mass is 16.6. The summed E-state index contributed by atoms with van der Waals surface area (Å²) in [6, 6.07) is 5.20. The van der Waals surface area contributed by atoms with Crippen LogP contribution in [-0.2, 0) is 4.79 Å². The molecule has 1 aliphatic heterocycles. The summed E-state index contributed by atoms with van der Waals surface area (Å²) in [5.74, 6) is 0.210. The number of hydrogen-bond acceptors (Lipinski definition) is 4. The lowest BCUT2D eigenvalue weighted by Crippen LogP contribution is -2.46. The van der Waals surface area contributed by atoms with Gasteiger partial charge in [0.2, 0.25) is 5.91 Å². The second-order valence-corrected chi connectivity index (χ2v) is 6.54. The minimum Gasteiger partial charge on any atom is -0.487 e. The average molecular weight is 346 g/mol. The quantitative estimate of drug-likeness (QED) is 0.440. The lowest BCUT2D eigenvalue weighted by atomic mass is 9.97. The van der Waals surface area contributed by atoms with Crippen LogP contribution in [0.1, 0.15) is 52.0 Å². The van der Waals surface area contributed by atoms with E-state index in [1.54, 1.807) is 18.2 Å². The molecule has 1 heterocycles. The van der Waals surface area contributed by atoms with Gasteiger partial charge in [0.1, 0.15) is 0 Å². The molecule has 2 rings (SSSR count). The van der Waals surface area contributed by atoms with E-state index in [4.69, 9.17) is 4.74 Å². The van der Waals surface area contributed by atoms with Gasteiger partial charge in [-0.05, 0) is 57.2 Å². The third kappa shape index (κ3) is 4.81. The van der Waals surface area contributed by atoms with E-state index in [0.29, 0.717) is 12.2 Å². The molecule has 0 bridgehead atoms. The van der Waals surface area contributed by atoms with Gasteiger partial charge in [-0.25, -0.2) is 0 Å². The van der Waals surface area contributed by atoms with Gasteiger partial charge < -0.3 is 9.64 Å². The summed E-state index contributed by atoms with van der Waals surface area (Å²) in [5, 5.41) is 11.2. The Balaban J connectivity index is 2.15. The molecule has 1 aromatic carbocycles. The first-order chi connectivity index (χ1) is 11.9. The van der Waals surface area contributed by atoms with Crippen LogP contribution in [0.4, 0.5) is 5.69 Å². The Bertz CT molecular complexity index is 647. The van der Waals surface area contributed by atoms with E-state index in [1.165, 1.54) is 12.1 Å². The number of ether oxygens (including phenoxy) is 1. The van der Waals surface area contributed by atoms with Crippen LogP contribution in [0.25, 0.3) is 6.08 Å². The molecule has 136 valence electrons. The zero-order valence-electron chi connectivity index (χ0n) is 15.1. The lowest BCUT2D eigenvalue weighted by Gasteiger charge is -2.38. The number of carbonyl (C=O) groups excluding carboxylic acids is 1. The van der Waals surface area contributed by atoms with Crippen molar-refractivity contribution in [2.75, 3.05) is 6.61 Å². The Kier molecular flexibility index (Phi) is 6.56. The van der Waals surface area contributed by atoms with Crippen molar-refractivity contribution in [1.29, 1.82) is 0 Å². The molecule has 0 N–H and O–H groups in total. The molecule has 0 aromatic heterocycles. The van der Waals surface area contributed by atoms with Crippen LogP contribution in [0.15, 0.2) is 24.3 Å². The van der Waals surface area contributed by atoms with Gasteiger partial charge in [-0.1, -0.05) is 13.0 Å². The Hall–Kier alpha value is -2.37. The van der Waals surface area contributed by atoms with Crippen LogP contribution < -0.4 is 4.74 Å². The summed E-state index contributed by atoms with van der Waals surface area (Å²) in [6.45, 7) is 6.49. The molecule has 6 heteroatoms. The van der Waals surface area contributed by atoms with Crippen molar-refractivity contribution >= 4 is 17.7 Å². The summed E-state index contributed by atoms with van der Waals surface area (Å²) < 4.78 is 5.41. The maximum Gasteiger partial charge on any atom is 0.311 e. The number of likely N-dealkylation sites (tertiary alicyclic amines) is 1. The fraction of sp³-hybridized carbons (Fsp3) is 0.526. The Morgan fingerprint density at radius 2 is 2.04 bits per heavy atom. The van der Waals surface area contributed by atoms with E-state index in [1.807, 2.05) is 11.8 Å². The number of nitro benzene ring substituents is 1. The van der Waals surface area contributed by atoms with E-state index in [0.717, 1.165) is 25.7 Å². The number of carbonyl (C=O) groups is 1. The van der Waals surface area contributed by atoms with Crippen molar-refractivity contribution in [1.82, 2.24) is 4.90 Å². The van der Waals surface area contributed by atoms with E-state index in [2.05, 4.69) is 13.8 Å². The normalized spacial score (nSPS) is 20.7. The first-order valence-electron chi connectivity index (χ1n) is 8.85. The lowest BCUT2D eigenvalue weighted by molar-refractivity contribution is -0.385. The van der Waals surface area contributed by atoms with Gasteiger partial charge in [-0.15, -0.1) is 0 Å². The number of piperidine rings is 1. The standard InChI is InChI=1S/C19H26N2O4/c1-4-12-25-18-10-8-16(13-17(18)21(23)24)9-11-19(22)20-14(2)6-5-7-15(20)3/h8-11,13-15H,4-7,12H2,1-3H3/b11-9+. The molecule has 25 heavy (non-hydrogen) atoms. The minimum absolute atomic E-state index is 0.0475. The van der Waals surface area contributed by atoms with E-state index in [9.17, 15) is 14.9 Å². The van der Waals surface area contributed by atoms with Gasteiger partial charge in [0.15, 0.2) is 5.75 Å². The van der Waals surface area contributed by atoms with Crippen LogP contribution in [0.2, 0.25) is 0 Å². The molecule has 1 aliphatic rings. The fourth-order valence-corrected chi connectivity index (χ4v) is 3.22. The van der Waals surface area contributed by atoms with Crippen molar-refractivity contribution in [3.8, 4) is 5.75 Å². The number of benzene rings is 1. The molecule has 0 saturated carbocycles. The second-order valence-electron chi connectivity index (χ2n) is 6.54. The summed E-state index contributed by atoms with van der Waals surface area (Å²) in [5.41, 5.74) is 0.531. The third-order valence-corrected chi connectivity index (χ3v) is 4.51. The number of rotatable bonds is 6. The molecule has 1 aromatic rings. The maximum atomic E-state index is 12.5. The highest BCUT2D eigenvalue weighted by molar-refractivity contribution is 5.92. The maximum absolute atomic E-state index is 12.5. The van der Waals surface area contributed by atoms with E-state index >= 15 is 0 Å². The third-order valence-electron chi connectivity index (χ3n) is 4.51. The molecule has 0 aliphatic carbocycles. The Labute approximate surface area is 148 Å². The molecule has 6 nitrogen and oxygen atoms in total. The zero-order valence-corrected chi connectivity index (χ0v) is 15.1. The molecule has 1 amide bonds. The predicted octanol–water partition coefficient (Wildman–Crippen LogP) is 4.19. The zero-order chi connectivity index (χ0) is 18.4. The molecule has 2 unspecified atom stereocenters. The van der Waals surface area contributed by atoms with Crippen molar-refractivity contribution in [3.63, 3.8) is 0 Å². The summed E-state index contributed by atoms with van der Waals surface area (Å²) in [7, 11) is 0. The number of amides is 1. The van der Waals surface area contributed by atoms with Gasteiger partial charge in [0.25, 0.3) is 0 Å². The fourth-order valence-electron chi connectivity index (χ4n) is 3.22. The van der Waals surface area contributed by atoms with Gasteiger partial charge in [0.05, 0.1) is 11.5 Å². The average Bonchev–Trinajstić information content (AvgIpc) is 2.58. The molecular weight excluding hydrogens is 320 g/mol. The second kappa shape index (κ2) is 8.65. The Morgan fingerprint density at radius 3 is 2.64 bits per heavy atom. The summed E-state index contributed by atoms with van der Waals surface area (Å²) in [4.78, 5) is 25.2. The SMILES string of the molecule is CCCOc1ccc(/C=C/C(=O)N2C(C)CCCC2C)cc1[N+](=O)[O-]. The summed E-state index contributed by atoms with van der Waals surface area (Å²) in [6.07, 6.45) is 7.08. The molecule has 0 spiro atoms. The Morgan fingerprint density at radius 1 is 1.36 bits per heavy atom. The minimum atomic E-state index is -0.459. The predicted molar refractivity (Wildman–Crippen MR) is 97.5 cm³/mol. The van der Waals surface area contributed by atoms with Crippen LogP contribution in [0.3, 0.4) is 0 Å². The first kappa shape index (κ1) is 19.0. The van der Waals surface area contributed by atoms with Gasteiger partial charge >= 0.3 is 5.69 Å². The van der Waals surface area contributed by atoms with Crippen molar-refractivity contribution < 1.29 is 14.5 Å². The van der Waals surface area contributed by atoms with Gasteiger partial charge in [-0.3, -0.25) is 14.9 Å². The van der Waals surface area contributed by atoms with Crippen LogP contribution in [-0.4, -0.2) is 34.4 Å².